The molecule has 0 bridgehead atoms. The Labute approximate surface area is 208 Å². The summed E-state index contributed by atoms with van der Waals surface area (Å²) in [7, 11) is -4.19. The van der Waals surface area contributed by atoms with E-state index in [0.29, 0.717) is 6.42 Å². The summed E-state index contributed by atoms with van der Waals surface area (Å²) in [5.74, 6) is -2.58. The van der Waals surface area contributed by atoms with Crippen LogP contribution in [0.3, 0.4) is 0 Å². The van der Waals surface area contributed by atoms with E-state index in [-0.39, 0.29) is 29.0 Å². The Balaban J connectivity index is 1.48. The second-order valence-corrected chi connectivity index (χ2v) is 10.9. The summed E-state index contributed by atoms with van der Waals surface area (Å²) < 4.78 is 41.3. The Morgan fingerprint density at radius 3 is 2.31 bits per heavy atom. The lowest BCUT2D eigenvalue weighted by Gasteiger charge is -2.32. The molecule has 0 radical (unpaired) electrons. The summed E-state index contributed by atoms with van der Waals surface area (Å²) in [5.41, 5.74) is -0.472. The summed E-state index contributed by atoms with van der Waals surface area (Å²) in [6, 6.07) is 9.58. The summed E-state index contributed by atoms with van der Waals surface area (Å²) in [4.78, 5) is 38.4. The van der Waals surface area contributed by atoms with Crippen molar-refractivity contribution in [2.75, 3.05) is 11.9 Å². The molecular formula is C25H28FN3O6S. The van der Waals surface area contributed by atoms with Gasteiger partial charge in [-0.1, -0.05) is 50.3 Å². The number of benzene rings is 2. The van der Waals surface area contributed by atoms with E-state index >= 15 is 0 Å². The van der Waals surface area contributed by atoms with Crippen molar-refractivity contribution in [3.63, 3.8) is 0 Å². The van der Waals surface area contributed by atoms with Gasteiger partial charge in [-0.2, -0.15) is 0 Å². The molecule has 2 aromatic rings. The third-order valence-electron chi connectivity index (χ3n) is 6.98. The number of amides is 3. The smallest absolute Gasteiger partial charge is 0.407 e. The molecule has 4 rings (SSSR count). The topological polar surface area (TPSA) is 133 Å². The van der Waals surface area contributed by atoms with Crippen LogP contribution < -0.4 is 10.0 Å². The minimum absolute atomic E-state index is 0.0413. The second-order valence-electron chi connectivity index (χ2n) is 9.20. The van der Waals surface area contributed by atoms with Crippen LogP contribution in [0.1, 0.15) is 48.9 Å². The molecule has 1 saturated heterocycles. The molecule has 3 N–H and O–H groups in total. The van der Waals surface area contributed by atoms with E-state index in [2.05, 4.69) is 5.32 Å². The van der Waals surface area contributed by atoms with Crippen molar-refractivity contribution in [2.24, 2.45) is 11.8 Å². The molecule has 1 aliphatic heterocycles. The number of anilines is 1. The van der Waals surface area contributed by atoms with Gasteiger partial charge < -0.3 is 10.4 Å². The Bertz CT molecular complexity index is 1250. The molecule has 9 nitrogen and oxygen atoms in total. The zero-order valence-corrected chi connectivity index (χ0v) is 20.3. The van der Waals surface area contributed by atoms with E-state index in [1.165, 1.54) is 30.3 Å². The minimum atomic E-state index is -4.19. The molecule has 2 fully saturated rings. The lowest BCUT2D eigenvalue weighted by atomic mass is 9.76. The molecule has 2 aliphatic rings. The first kappa shape index (κ1) is 25.6. The number of hydrogen-bond acceptors (Lipinski definition) is 5. The van der Waals surface area contributed by atoms with Crippen molar-refractivity contribution >= 4 is 33.6 Å². The number of likely N-dealkylation sites (tertiary alicyclic amines) is 1. The van der Waals surface area contributed by atoms with Crippen LogP contribution in [-0.4, -0.2) is 48.9 Å². The van der Waals surface area contributed by atoms with Gasteiger partial charge in [0.1, 0.15) is 11.9 Å². The van der Waals surface area contributed by atoms with Gasteiger partial charge in [0, 0.05) is 12.2 Å². The van der Waals surface area contributed by atoms with Crippen molar-refractivity contribution < 1.29 is 32.3 Å². The number of sulfonamides is 1. The van der Waals surface area contributed by atoms with Gasteiger partial charge >= 0.3 is 6.09 Å². The van der Waals surface area contributed by atoms with Crippen LogP contribution >= 0.6 is 0 Å². The highest BCUT2D eigenvalue weighted by molar-refractivity contribution is 7.90. The maximum absolute atomic E-state index is 14.8. The summed E-state index contributed by atoms with van der Waals surface area (Å²) in [6.45, 7) is 0.262. The Morgan fingerprint density at radius 1 is 0.972 bits per heavy atom. The molecule has 1 heterocycles. The van der Waals surface area contributed by atoms with Crippen LogP contribution in [0.25, 0.3) is 0 Å². The van der Waals surface area contributed by atoms with Gasteiger partial charge in [0.15, 0.2) is 0 Å². The third-order valence-corrected chi connectivity index (χ3v) is 8.32. The fourth-order valence-corrected chi connectivity index (χ4v) is 6.24. The summed E-state index contributed by atoms with van der Waals surface area (Å²) in [6.07, 6.45) is 4.56. The Kier molecular flexibility index (Phi) is 7.58. The molecular weight excluding hydrogens is 489 g/mol. The van der Waals surface area contributed by atoms with Crippen molar-refractivity contribution in [3.05, 3.63) is 59.9 Å². The fourth-order valence-electron chi connectivity index (χ4n) is 5.25. The number of nitrogens with one attached hydrogen (secondary N) is 2. The molecule has 36 heavy (non-hydrogen) atoms. The summed E-state index contributed by atoms with van der Waals surface area (Å²) >= 11 is 0. The predicted molar refractivity (Wildman–Crippen MR) is 129 cm³/mol. The van der Waals surface area contributed by atoms with Crippen LogP contribution in [0.2, 0.25) is 0 Å². The number of nitrogens with zero attached hydrogens (tertiary/aromatic N) is 1. The molecule has 2 aromatic carbocycles. The lowest BCUT2D eigenvalue weighted by molar-refractivity contribution is -0.121. The van der Waals surface area contributed by atoms with Crippen LogP contribution in [0.4, 0.5) is 14.9 Å². The highest BCUT2D eigenvalue weighted by Crippen LogP contribution is 2.39. The fraction of sp³-hybridized carbons (Fsp3) is 0.400. The van der Waals surface area contributed by atoms with Gasteiger partial charge in [-0.25, -0.2) is 22.3 Å². The third kappa shape index (κ3) is 5.51. The zero-order valence-electron chi connectivity index (χ0n) is 19.5. The SMILES string of the molecule is O=C(NS(=O)(=O)c1ccccc1)c1ccc(NC(=O)[C@@H]2[C@H](C3CCCCC3)CCN2C(=O)O)cc1F. The predicted octanol–water partition coefficient (Wildman–Crippen LogP) is 3.83. The van der Waals surface area contributed by atoms with Crippen molar-refractivity contribution in [2.45, 2.75) is 49.5 Å². The molecule has 0 unspecified atom stereocenters. The van der Waals surface area contributed by atoms with Crippen molar-refractivity contribution in [1.29, 1.82) is 0 Å². The standard InChI is InChI=1S/C25H28FN3O6S/c26-21-15-17(11-12-20(21)23(30)28-36(34,35)18-9-5-2-6-10-18)27-24(31)22-19(13-14-29(22)25(32)33)16-7-3-1-4-8-16/h2,5-6,9-12,15-16,19,22H,1,3-4,7-8,13-14H2,(H,27,31)(H,28,30)(H,32,33)/t19-,22-/m0/s1. The van der Waals surface area contributed by atoms with Gasteiger partial charge in [-0.15, -0.1) is 0 Å². The Hall–Kier alpha value is -3.47. The van der Waals surface area contributed by atoms with E-state index in [4.69, 9.17) is 0 Å². The molecule has 0 aromatic heterocycles. The molecule has 1 aliphatic carbocycles. The first-order valence-electron chi connectivity index (χ1n) is 11.9. The maximum Gasteiger partial charge on any atom is 0.407 e. The van der Waals surface area contributed by atoms with Gasteiger partial charge in [0.2, 0.25) is 5.91 Å². The average molecular weight is 518 g/mol. The highest BCUT2D eigenvalue weighted by Gasteiger charge is 2.45. The first-order chi connectivity index (χ1) is 17.2. The van der Waals surface area contributed by atoms with Gasteiger partial charge in [0.05, 0.1) is 10.5 Å². The lowest BCUT2D eigenvalue weighted by Crippen LogP contribution is -2.47. The van der Waals surface area contributed by atoms with E-state index in [9.17, 15) is 32.3 Å². The number of rotatable bonds is 6. The van der Waals surface area contributed by atoms with Crippen LogP contribution in [0.5, 0.6) is 0 Å². The Morgan fingerprint density at radius 2 is 1.67 bits per heavy atom. The summed E-state index contributed by atoms with van der Waals surface area (Å²) in [5, 5.41) is 12.2. The normalized spacial score (nSPS) is 20.6. The molecule has 1 saturated carbocycles. The highest BCUT2D eigenvalue weighted by atomic mass is 32.2. The molecule has 11 heteroatoms. The molecule has 2 atom stereocenters. The quantitative estimate of drug-likeness (QED) is 0.533. The van der Waals surface area contributed by atoms with Crippen molar-refractivity contribution in [1.82, 2.24) is 9.62 Å². The zero-order chi connectivity index (χ0) is 25.9. The average Bonchev–Trinajstić information content (AvgIpc) is 3.31. The van der Waals surface area contributed by atoms with Gasteiger partial charge in [-0.3, -0.25) is 14.5 Å². The van der Waals surface area contributed by atoms with E-state index in [1.54, 1.807) is 6.07 Å². The van der Waals surface area contributed by atoms with Crippen LogP contribution in [0, 0.1) is 17.7 Å². The number of halogens is 1. The largest absolute Gasteiger partial charge is 0.465 e. The molecule has 192 valence electrons. The monoisotopic (exact) mass is 517 g/mol. The van der Waals surface area contributed by atoms with Crippen LogP contribution in [0.15, 0.2) is 53.4 Å². The number of hydrogen-bond donors (Lipinski definition) is 3. The van der Waals surface area contributed by atoms with Gasteiger partial charge in [-0.05, 0) is 48.6 Å². The van der Waals surface area contributed by atoms with E-state index < -0.39 is 45.4 Å². The van der Waals surface area contributed by atoms with E-state index in [0.717, 1.165) is 49.1 Å². The molecule has 3 amide bonds. The maximum atomic E-state index is 14.8. The minimum Gasteiger partial charge on any atom is -0.465 e. The van der Waals surface area contributed by atoms with Crippen molar-refractivity contribution in [3.8, 4) is 0 Å². The number of carbonyl (C=O) groups excluding carboxylic acids is 2. The van der Waals surface area contributed by atoms with E-state index in [1.807, 2.05) is 4.72 Å². The number of carbonyl (C=O) groups is 3. The molecule has 0 spiro atoms. The number of carboxylic acid groups (broad SMARTS) is 1. The van der Waals surface area contributed by atoms with Gasteiger partial charge in [0.25, 0.3) is 15.9 Å². The van der Waals surface area contributed by atoms with Crippen LogP contribution in [-0.2, 0) is 14.8 Å². The second kappa shape index (κ2) is 10.7. The first-order valence-corrected chi connectivity index (χ1v) is 13.4.